The first-order chi connectivity index (χ1) is 13.1. The van der Waals surface area contributed by atoms with E-state index in [4.69, 9.17) is 4.74 Å². The molecule has 5 heteroatoms. The summed E-state index contributed by atoms with van der Waals surface area (Å²) < 4.78 is 7.11. The Labute approximate surface area is 158 Å². The molecule has 3 rings (SSSR count). The molecule has 0 bridgehead atoms. The van der Waals surface area contributed by atoms with Crippen LogP contribution in [0, 0.1) is 18.3 Å². The smallest absolute Gasteiger partial charge is 0.266 e. The summed E-state index contributed by atoms with van der Waals surface area (Å²) in [4.78, 5) is 12.4. The zero-order valence-corrected chi connectivity index (χ0v) is 15.1. The average molecular weight is 357 g/mol. The summed E-state index contributed by atoms with van der Waals surface area (Å²) in [6, 6.07) is 20.7. The van der Waals surface area contributed by atoms with E-state index in [0.29, 0.717) is 11.4 Å². The maximum atomic E-state index is 12.4. The first-order valence-electron chi connectivity index (χ1n) is 8.42. The number of nitrogens with zero attached hydrogens (tertiary/aromatic N) is 2. The molecule has 0 saturated heterocycles. The molecule has 3 aromatic rings. The molecule has 1 amide bonds. The standard InChI is InChI=1S/C22H19N3O2/c1-16-12-17(15-25(16)20-6-4-3-5-7-20)13-18(14-23)22(26)24-19-8-10-21(27-2)11-9-19/h3-13,15H,1-2H3,(H,24,26)/b18-13+. The number of carbonyl (C=O) groups excluding carboxylic acids is 1. The number of hydrogen-bond donors (Lipinski definition) is 1. The quantitative estimate of drug-likeness (QED) is 0.545. The number of anilines is 1. The van der Waals surface area contributed by atoms with Crippen LogP contribution in [0.25, 0.3) is 11.8 Å². The van der Waals surface area contributed by atoms with Gasteiger partial charge in [-0.3, -0.25) is 4.79 Å². The minimum atomic E-state index is -0.451. The summed E-state index contributed by atoms with van der Waals surface area (Å²) in [6.07, 6.45) is 3.49. The van der Waals surface area contributed by atoms with Crippen molar-refractivity contribution in [3.63, 3.8) is 0 Å². The Kier molecular flexibility index (Phi) is 5.38. The fourth-order valence-electron chi connectivity index (χ4n) is 2.73. The van der Waals surface area contributed by atoms with Gasteiger partial charge in [0.2, 0.25) is 0 Å². The molecular formula is C22H19N3O2. The maximum absolute atomic E-state index is 12.4. The molecule has 0 aliphatic rings. The fraction of sp³-hybridized carbons (Fsp3) is 0.0909. The van der Waals surface area contributed by atoms with Gasteiger partial charge in [0, 0.05) is 23.3 Å². The van der Waals surface area contributed by atoms with Gasteiger partial charge < -0.3 is 14.6 Å². The van der Waals surface area contributed by atoms with Crippen LogP contribution in [0.1, 0.15) is 11.3 Å². The molecule has 27 heavy (non-hydrogen) atoms. The lowest BCUT2D eigenvalue weighted by Gasteiger charge is -2.05. The van der Waals surface area contributed by atoms with Gasteiger partial charge in [-0.25, -0.2) is 0 Å². The number of nitriles is 1. The van der Waals surface area contributed by atoms with Crippen LogP contribution in [0.4, 0.5) is 5.69 Å². The molecule has 0 radical (unpaired) electrons. The molecule has 0 unspecified atom stereocenters. The Hall–Kier alpha value is -3.78. The number of carbonyl (C=O) groups is 1. The van der Waals surface area contributed by atoms with E-state index in [1.807, 2.05) is 60.2 Å². The van der Waals surface area contributed by atoms with Crippen molar-refractivity contribution in [1.82, 2.24) is 4.57 Å². The van der Waals surface area contributed by atoms with Crippen LogP contribution in [0.5, 0.6) is 5.75 Å². The van der Waals surface area contributed by atoms with E-state index >= 15 is 0 Å². The number of nitrogens with one attached hydrogen (secondary N) is 1. The molecule has 0 atom stereocenters. The van der Waals surface area contributed by atoms with Gasteiger partial charge in [-0.2, -0.15) is 5.26 Å². The fourth-order valence-corrected chi connectivity index (χ4v) is 2.73. The predicted octanol–water partition coefficient (Wildman–Crippen LogP) is 4.34. The van der Waals surface area contributed by atoms with E-state index in [1.54, 1.807) is 37.5 Å². The minimum Gasteiger partial charge on any atom is -0.497 e. The van der Waals surface area contributed by atoms with Gasteiger partial charge in [-0.05, 0) is 61.0 Å². The SMILES string of the molecule is COc1ccc(NC(=O)/C(C#N)=C/c2cc(C)n(-c3ccccc3)c2)cc1. The molecule has 2 aromatic carbocycles. The molecule has 0 aliphatic heterocycles. The van der Waals surface area contributed by atoms with E-state index in [-0.39, 0.29) is 5.57 Å². The summed E-state index contributed by atoms with van der Waals surface area (Å²) in [5, 5.41) is 12.1. The largest absolute Gasteiger partial charge is 0.497 e. The van der Waals surface area contributed by atoms with Gasteiger partial charge in [0.1, 0.15) is 17.4 Å². The van der Waals surface area contributed by atoms with E-state index < -0.39 is 5.91 Å². The second-order valence-corrected chi connectivity index (χ2v) is 5.97. The molecule has 0 fully saturated rings. The number of aryl methyl sites for hydroxylation is 1. The Morgan fingerprint density at radius 1 is 1.15 bits per heavy atom. The average Bonchev–Trinajstić information content (AvgIpc) is 3.07. The highest BCUT2D eigenvalue weighted by Crippen LogP contribution is 2.19. The maximum Gasteiger partial charge on any atom is 0.266 e. The molecule has 0 aliphatic carbocycles. The number of para-hydroxylation sites is 1. The third-order valence-electron chi connectivity index (χ3n) is 4.09. The Balaban J connectivity index is 1.81. The second-order valence-electron chi connectivity index (χ2n) is 5.97. The summed E-state index contributed by atoms with van der Waals surface area (Å²) in [5.41, 5.74) is 3.46. The second kappa shape index (κ2) is 8.07. The van der Waals surface area contributed by atoms with Crippen LogP contribution in [0.15, 0.2) is 72.4 Å². The van der Waals surface area contributed by atoms with Gasteiger partial charge in [0.05, 0.1) is 7.11 Å². The van der Waals surface area contributed by atoms with Gasteiger partial charge >= 0.3 is 0 Å². The Bertz CT molecular complexity index is 1010. The molecule has 0 saturated carbocycles. The molecule has 134 valence electrons. The van der Waals surface area contributed by atoms with E-state index in [9.17, 15) is 10.1 Å². The normalized spacial score (nSPS) is 10.9. The van der Waals surface area contributed by atoms with Crippen LogP contribution < -0.4 is 10.1 Å². The third kappa shape index (κ3) is 4.25. The van der Waals surface area contributed by atoms with Crippen molar-refractivity contribution >= 4 is 17.7 Å². The van der Waals surface area contributed by atoms with E-state index in [0.717, 1.165) is 16.9 Å². The monoisotopic (exact) mass is 357 g/mol. The van der Waals surface area contributed by atoms with Crippen molar-refractivity contribution in [2.24, 2.45) is 0 Å². The summed E-state index contributed by atoms with van der Waals surface area (Å²) in [6.45, 7) is 1.98. The first kappa shape index (κ1) is 18.0. The number of rotatable bonds is 5. The van der Waals surface area contributed by atoms with Crippen LogP contribution >= 0.6 is 0 Å². The summed E-state index contributed by atoms with van der Waals surface area (Å²) in [7, 11) is 1.58. The van der Waals surface area contributed by atoms with E-state index in [2.05, 4.69) is 5.32 Å². The number of benzene rings is 2. The van der Waals surface area contributed by atoms with Crippen molar-refractivity contribution in [1.29, 1.82) is 5.26 Å². The number of amides is 1. The topological polar surface area (TPSA) is 67.0 Å². The number of aromatic nitrogens is 1. The molecule has 0 spiro atoms. The lowest BCUT2D eigenvalue weighted by atomic mass is 10.2. The van der Waals surface area contributed by atoms with Crippen molar-refractivity contribution in [2.45, 2.75) is 6.92 Å². The van der Waals surface area contributed by atoms with Crippen molar-refractivity contribution in [2.75, 3.05) is 12.4 Å². The van der Waals surface area contributed by atoms with Gasteiger partial charge in [0.25, 0.3) is 5.91 Å². The molecule has 1 aromatic heterocycles. The molecule has 1 N–H and O–H groups in total. The van der Waals surface area contributed by atoms with Crippen LogP contribution in [-0.4, -0.2) is 17.6 Å². The van der Waals surface area contributed by atoms with Gasteiger partial charge in [0.15, 0.2) is 0 Å². The summed E-state index contributed by atoms with van der Waals surface area (Å²) >= 11 is 0. The Morgan fingerprint density at radius 2 is 1.85 bits per heavy atom. The molecule has 1 heterocycles. The van der Waals surface area contributed by atoms with E-state index in [1.165, 1.54) is 0 Å². The third-order valence-corrected chi connectivity index (χ3v) is 4.09. The van der Waals surface area contributed by atoms with Crippen LogP contribution in [0.3, 0.4) is 0 Å². The highest BCUT2D eigenvalue weighted by molar-refractivity contribution is 6.09. The first-order valence-corrected chi connectivity index (χ1v) is 8.42. The zero-order valence-electron chi connectivity index (χ0n) is 15.1. The predicted molar refractivity (Wildman–Crippen MR) is 106 cm³/mol. The minimum absolute atomic E-state index is 0.0380. The van der Waals surface area contributed by atoms with Crippen molar-refractivity contribution in [3.8, 4) is 17.5 Å². The Morgan fingerprint density at radius 3 is 2.48 bits per heavy atom. The van der Waals surface area contributed by atoms with Crippen molar-refractivity contribution < 1.29 is 9.53 Å². The highest BCUT2D eigenvalue weighted by Gasteiger charge is 2.11. The van der Waals surface area contributed by atoms with Gasteiger partial charge in [-0.15, -0.1) is 0 Å². The van der Waals surface area contributed by atoms with Gasteiger partial charge in [-0.1, -0.05) is 18.2 Å². The lowest BCUT2D eigenvalue weighted by Crippen LogP contribution is -2.13. The van der Waals surface area contributed by atoms with Crippen LogP contribution in [-0.2, 0) is 4.79 Å². The number of ether oxygens (including phenoxy) is 1. The summed E-state index contributed by atoms with van der Waals surface area (Å²) in [5.74, 6) is 0.245. The highest BCUT2D eigenvalue weighted by atomic mass is 16.5. The zero-order chi connectivity index (χ0) is 19.2. The van der Waals surface area contributed by atoms with Crippen molar-refractivity contribution in [3.05, 3.63) is 83.7 Å². The van der Waals surface area contributed by atoms with Crippen LogP contribution in [0.2, 0.25) is 0 Å². The molecule has 5 nitrogen and oxygen atoms in total. The lowest BCUT2D eigenvalue weighted by molar-refractivity contribution is -0.112. The molecular weight excluding hydrogens is 338 g/mol. The number of hydrogen-bond acceptors (Lipinski definition) is 3. The number of methoxy groups -OCH3 is 1.